The molecule has 7 nitrogen and oxygen atoms in total. The molecule has 0 radical (unpaired) electrons. The average Bonchev–Trinajstić information content (AvgIpc) is 3.25. The molecule has 2 fully saturated rings. The van der Waals surface area contributed by atoms with Gasteiger partial charge in [0.25, 0.3) is 0 Å². The molecule has 2 aliphatic heterocycles. The van der Waals surface area contributed by atoms with Gasteiger partial charge in [-0.25, -0.2) is 10.9 Å². The van der Waals surface area contributed by atoms with Gasteiger partial charge in [-0.15, -0.1) is 0 Å². The Labute approximate surface area is 174 Å². The van der Waals surface area contributed by atoms with Crippen LogP contribution in [0.25, 0.3) is 0 Å². The summed E-state index contributed by atoms with van der Waals surface area (Å²) >= 11 is 6.32. The second kappa shape index (κ2) is 7.84. The molecule has 4 rings (SSSR count). The fourth-order valence-corrected chi connectivity index (χ4v) is 4.65. The molecule has 1 amide bonds. The summed E-state index contributed by atoms with van der Waals surface area (Å²) in [5.41, 5.74) is 8.58. The third-order valence-corrected chi connectivity index (χ3v) is 6.24. The van der Waals surface area contributed by atoms with E-state index < -0.39 is 6.04 Å². The summed E-state index contributed by atoms with van der Waals surface area (Å²) in [6, 6.07) is 9.83. The number of amides is 1. The van der Waals surface area contributed by atoms with Crippen LogP contribution in [-0.2, 0) is 4.79 Å². The molecule has 0 spiro atoms. The van der Waals surface area contributed by atoms with Gasteiger partial charge >= 0.3 is 0 Å². The fourth-order valence-electron chi connectivity index (χ4n) is 4.48. The zero-order chi connectivity index (χ0) is 20.7. The van der Waals surface area contributed by atoms with Crippen LogP contribution >= 0.6 is 11.6 Å². The van der Waals surface area contributed by atoms with Gasteiger partial charge in [-0.1, -0.05) is 23.7 Å². The van der Waals surface area contributed by atoms with Gasteiger partial charge in [0, 0.05) is 23.0 Å². The van der Waals surface area contributed by atoms with E-state index in [9.17, 15) is 15.0 Å². The van der Waals surface area contributed by atoms with Crippen molar-refractivity contribution < 1.29 is 19.7 Å². The van der Waals surface area contributed by atoms with Crippen molar-refractivity contribution in [3.63, 3.8) is 0 Å². The standard InChI is InChI=1S/C21H24ClN3O4/c1-11-8-16(27)14(10-15(11)22)18-17-19(24-23-18)21(28)25(6-7-26)20(17)12-4-3-5-13(9-12)29-2/h3-5,8-10,17-20,23-24,26-27H,6-7H2,1-2H3. The second-order valence-electron chi connectivity index (χ2n) is 7.46. The first-order valence-electron chi connectivity index (χ1n) is 9.51. The molecule has 2 aromatic rings. The first kappa shape index (κ1) is 20.0. The zero-order valence-electron chi connectivity index (χ0n) is 16.2. The molecule has 2 saturated heterocycles. The van der Waals surface area contributed by atoms with Crippen LogP contribution in [0.1, 0.15) is 28.8 Å². The van der Waals surface area contributed by atoms with E-state index in [1.54, 1.807) is 24.1 Å². The third-order valence-electron chi connectivity index (χ3n) is 5.83. The van der Waals surface area contributed by atoms with Crippen molar-refractivity contribution in [2.75, 3.05) is 20.3 Å². The zero-order valence-corrected chi connectivity index (χ0v) is 17.0. The van der Waals surface area contributed by atoms with E-state index in [-0.39, 0.29) is 42.8 Å². The van der Waals surface area contributed by atoms with Gasteiger partial charge in [-0.3, -0.25) is 4.79 Å². The van der Waals surface area contributed by atoms with E-state index in [1.165, 1.54) is 0 Å². The number of benzene rings is 2. The molecule has 4 unspecified atom stereocenters. The number of hydrogen-bond donors (Lipinski definition) is 4. The number of aromatic hydroxyl groups is 1. The molecule has 0 saturated carbocycles. The smallest absolute Gasteiger partial charge is 0.242 e. The Morgan fingerprint density at radius 1 is 1.21 bits per heavy atom. The lowest BCUT2D eigenvalue weighted by atomic mass is 9.83. The lowest BCUT2D eigenvalue weighted by molar-refractivity contribution is -0.131. The van der Waals surface area contributed by atoms with Crippen molar-refractivity contribution in [3.05, 3.63) is 58.1 Å². The van der Waals surface area contributed by atoms with Crippen LogP contribution in [0, 0.1) is 12.8 Å². The summed E-state index contributed by atoms with van der Waals surface area (Å²) in [5, 5.41) is 20.7. The normalized spacial score (nSPS) is 26.1. The van der Waals surface area contributed by atoms with Crippen molar-refractivity contribution in [2.45, 2.75) is 25.0 Å². The molecule has 2 heterocycles. The molecule has 0 aliphatic carbocycles. The fraction of sp³-hybridized carbons (Fsp3) is 0.381. The Hall–Kier alpha value is -2.32. The number of aliphatic hydroxyl groups is 1. The molecule has 8 heteroatoms. The quantitative estimate of drug-likeness (QED) is 0.595. The highest BCUT2D eigenvalue weighted by atomic mass is 35.5. The molecule has 154 valence electrons. The lowest BCUT2D eigenvalue weighted by Crippen LogP contribution is -2.42. The Morgan fingerprint density at radius 2 is 1.97 bits per heavy atom. The number of nitrogens with one attached hydrogen (secondary N) is 2. The minimum atomic E-state index is -0.484. The first-order valence-corrected chi connectivity index (χ1v) is 9.89. The third kappa shape index (κ3) is 3.34. The van der Waals surface area contributed by atoms with E-state index >= 15 is 0 Å². The van der Waals surface area contributed by atoms with Gasteiger partial charge in [-0.05, 0) is 42.3 Å². The highest BCUT2D eigenvalue weighted by Gasteiger charge is 2.55. The predicted molar refractivity (Wildman–Crippen MR) is 109 cm³/mol. The van der Waals surface area contributed by atoms with E-state index in [0.717, 1.165) is 11.1 Å². The van der Waals surface area contributed by atoms with Gasteiger partial charge in [-0.2, -0.15) is 0 Å². The van der Waals surface area contributed by atoms with Crippen molar-refractivity contribution in [3.8, 4) is 11.5 Å². The van der Waals surface area contributed by atoms with Gasteiger partial charge in [0.15, 0.2) is 0 Å². The van der Waals surface area contributed by atoms with Gasteiger partial charge < -0.3 is 19.8 Å². The predicted octanol–water partition coefficient (Wildman–Crippen LogP) is 2.07. The Balaban J connectivity index is 1.80. The molecular weight excluding hydrogens is 394 g/mol. The average molecular weight is 418 g/mol. The minimum absolute atomic E-state index is 0.0930. The molecule has 4 N–H and O–H groups in total. The van der Waals surface area contributed by atoms with E-state index in [1.807, 2.05) is 31.2 Å². The summed E-state index contributed by atoms with van der Waals surface area (Å²) < 4.78 is 5.37. The summed E-state index contributed by atoms with van der Waals surface area (Å²) in [6.07, 6.45) is 0. The maximum atomic E-state index is 13.1. The lowest BCUT2D eigenvalue weighted by Gasteiger charge is -2.31. The summed E-state index contributed by atoms with van der Waals surface area (Å²) in [4.78, 5) is 14.8. The molecule has 4 atom stereocenters. The van der Waals surface area contributed by atoms with Gasteiger partial charge in [0.2, 0.25) is 5.91 Å². The number of carbonyl (C=O) groups excluding carboxylic acids is 1. The number of nitrogens with zero attached hydrogens (tertiary/aromatic N) is 1. The van der Waals surface area contributed by atoms with Crippen LogP contribution in [0.2, 0.25) is 5.02 Å². The number of hydrogen-bond acceptors (Lipinski definition) is 6. The maximum Gasteiger partial charge on any atom is 0.242 e. The van der Waals surface area contributed by atoms with Crippen LogP contribution in [0.5, 0.6) is 11.5 Å². The highest BCUT2D eigenvalue weighted by Crippen LogP contribution is 2.49. The topological polar surface area (TPSA) is 94.1 Å². The van der Waals surface area contributed by atoms with Crippen molar-refractivity contribution in [2.24, 2.45) is 5.92 Å². The number of hydrazine groups is 1. The molecular formula is C21H24ClN3O4. The van der Waals surface area contributed by atoms with Crippen molar-refractivity contribution >= 4 is 17.5 Å². The van der Waals surface area contributed by atoms with Crippen LogP contribution < -0.4 is 15.6 Å². The maximum absolute atomic E-state index is 13.1. The number of fused-ring (bicyclic) bond motifs is 1. The first-order chi connectivity index (χ1) is 14.0. The highest BCUT2D eigenvalue weighted by molar-refractivity contribution is 6.31. The SMILES string of the molecule is COc1cccc(C2C3C(NNC3c3cc(Cl)c(C)cc3O)C(=O)N2CCO)c1. The number of carbonyl (C=O) groups is 1. The number of aryl methyl sites for hydroxylation is 1. The summed E-state index contributed by atoms with van der Waals surface area (Å²) in [5.74, 6) is 0.513. The van der Waals surface area contributed by atoms with E-state index in [2.05, 4.69) is 10.9 Å². The Bertz CT molecular complexity index is 938. The largest absolute Gasteiger partial charge is 0.508 e. The van der Waals surface area contributed by atoms with Crippen molar-refractivity contribution in [1.29, 1.82) is 0 Å². The van der Waals surface area contributed by atoms with Crippen molar-refractivity contribution in [1.82, 2.24) is 15.8 Å². The minimum Gasteiger partial charge on any atom is -0.508 e. The van der Waals surface area contributed by atoms with Gasteiger partial charge in [0.1, 0.15) is 17.5 Å². The number of phenolic OH excluding ortho intramolecular Hbond substituents is 1. The number of aliphatic hydroxyl groups excluding tert-OH is 1. The molecule has 2 aliphatic rings. The van der Waals surface area contributed by atoms with E-state index in [4.69, 9.17) is 16.3 Å². The van der Waals surface area contributed by atoms with Crippen LogP contribution in [0.15, 0.2) is 36.4 Å². The summed E-state index contributed by atoms with van der Waals surface area (Å²) in [7, 11) is 1.60. The number of likely N-dealkylation sites (tertiary alicyclic amines) is 1. The van der Waals surface area contributed by atoms with Gasteiger partial charge in [0.05, 0.1) is 25.8 Å². The molecule has 0 bridgehead atoms. The number of rotatable bonds is 5. The number of methoxy groups -OCH3 is 1. The number of ether oxygens (including phenoxy) is 1. The summed E-state index contributed by atoms with van der Waals surface area (Å²) in [6.45, 7) is 1.92. The Kier molecular flexibility index (Phi) is 5.40. The second-order valence-corrected chi connectivity index (χ2v) is 7.87. The van der Waals surface area contributed by atoms with Crippen LogP contribution in [0.4, 0.5) is 0 Å². The van der Waals surface area contributed by atoms with Crippen LogP contribution in [0.3, 0.4) is 0 Å². The molecule has 0 aromatic heterocycles. The monoisotopic (exact) mass is 417 g/mol. The number of halogens is 1. The Morgan fingerprint density at radius 3 is 2.69 bits per heavy atom. The molecule has 2 aromatic carbocycles. The molecule has 29 heavy (non-hydrogen) atoms. The van der Waals surface area contributed by atoms with E-state index in [0.29, 0.717) is 16.3 Å². The number of phenols is 1. The van der Waals surface area contributed by atoms with Crippen LogP contribution in [-0.4, -0.2) is 47.3 Å². The number of β-amino-alcohol motifs (C(OH)–C–C–N with tert-alkyl or cyclic N) is 1.